The average Bonchev–Trinajstić information content (AvgIpc) is 3.26. The van der Waals surface area contributed by atoms with Crippen LogP contribution in [0.5, 0.6) is 0 Å². The fourth-order valence-electron chi connectivity index (χ4n) is 2.95. The first-order chi connectivity index (χ1) is 13.8. The lowest BCUT2D eigenvalue weighted by atomic mass is 10.1. The fraction of sp³-hybridized carbons (Fsp3) is 0.318. The molecule has 0 saturated carbocycles. The molecular formula is C22H25N3O2S2. The first-order valence-corrected chi connectivity index (χ1v) is 11.4. The third-order valence-electron chi connectivity index (χ3n) is 4.27. The van der Waals surface area contributed by atoms with Gasteiger partial charge in [-0.25, -0.2) is 4.99 Å². The van der Waals surface area contributed by atoms with E-state index in [1.807, 2.05) is 55.6 Å². The zero-order chi connectivity index (χ0) is 21.0. The van der Waals surface area contributed by atoms with E-state index < -0.39 is 0 Å². The number of anilines is 1. The number of aliphatic imine (C=N–C) groups is 1. The molecule has 5 nitrogen and oxygen atoms in total. The van der Waals surface area contributed by atoms with Crippen molar-refractivity contribution < 1.29 is 9.59 Å². The maximum absolute atomic E-state index is 12.8. The molecule has 0 fully saturated rings. The smallest absolute Gasteiger partial charge is 0.278 e. The standard InChI is InChI=1S/C22H25N3O2S2/c1-14(2)12-25-21(27)19(11-17-6-5-9-28-17)24-22(25)29-13-20(26)23-18-8-7-15(3)10-16(18)4/h5-11,14H,12-13H2,1-4H3,(H,23,26)/b19-11+. The van der Waals surface area contributed by atoms with Crippen molar-refractivity contribution in [1.82, 2.24) is 4.90 Å². The number of aryl methyl sites for hydroxylation is 2. The summed E-state index contributed by atoms with van der Waals surface area (Å²) < 4.78 is 0. The van der Waals surface area contributed by atoms with Crippen LogP contribution >= 0.6 is 23.1 Å². The molecule has 1 aliphatic heterocycles. The van der Waals surface area contributed by atoms with Crippen LogP contribution in [0.4, 0.5) is 5.69 Å². The van der Waals surface area contributed by atoms with Crippen LogP contribution in [0.2, 0.25) is 0 Å². The molecule has 0 unspecified atom stereocenters. The number of carbonyl (C=O) groups is 2. The van der Waals surface area contributed by atoms with E-state index in [0.717, 1.165) is 21.7 Å². The lowest BCUT2D eigenvalue weighted by Crippen LogP contribution is -2.34. The number of thioether (sulfide) groups is 1. The number of amidine groups is 1. The second-order valence-electron chi connectivity index (χ2n) is 7.40. The molecule has 2 heterocycles. The Hall–Kier alpha value is -2.38. The van der Waals surface area contributed by atoms with Crippen LogP contribution in [0.3, 0.4) is 0 Å². The topological polar surface area (TPSA) is 61.8 Å². The number of rotatable bonds is 6. The largest absolute Gasteiger partial charge is 0.325 e. The van der Waals surface area contributed by atoms with Gasteiger partial charge in [0, 0.05) is 17.1 Å². The minimum atomic E-state index is -0.114. The van der Waals surface area contributed by atoms with Crippen molar-refractivity contribution in [3.05, 3.63) is 57.4 Å². The van der Waals surface area contributed by atoms with Crippen molar-refractivity contribution in [3.8, 4) is 0 Å². The minimum Gasteiger partial charge on any atom is -0.325 e. The van der Waals surface area contributed by atoms with Gasteiger partial charge in [-0.05, 0) is 48.9 Å². The van der Waals surface area contributed by atoms with E-state index in [4.69, 9.17) is 0 Å². The molecule has 0 bridgehead atoms. The molecule has 0 atom stereocenters. The Morgan fingerprint density at radius 1 is 1.31 bits per heavy atom. The van der Waals surface area contributed by atoms with Crippen molar-refractivity contribution in [2.45, 2.75) is 27.7 Å². The van der Waals surface area contributed by atoms with Crippen molar-refractivity contribution in [2.75, 3.05) is 17.6 Å². The van der Waals surface area contributed by atoms with Crippen molar-refractivity contribution in [1.29, 1.82) is 0 Å². The Balaban J connectivity index is 1.70. The molecule has 7 heteroatoms. The molecule has 3 rings (SSSR count). The molecule has 29 heavy (non-hydrogen) atoms. The second kappa shape index (κ2) is 9.41. The Morgan fingerprint density at radius 3 is 2.76 bits per heavy atom. The van der Waals surface area contributed by atoms with Gasteiger partial charge in [0.25, 0.3) is 5.91 Å². The van der Waals surface area contributed by atoms with Gasteiger partial charge in [-0.1, -0.05) is 49.4 Å². The summed E-state index contributed by atoms with van der Waals surface area (Å²) in [7, 11) is 0. The van der Waals surface area contributed by atoms with E-state index in [-0.39, 0.29) is 17.6 Å². The van der Waals surface area contributed by atoms with Crippen molar-refractivity contribution in [2.24, 2.45) is 10.9 Å². The molecule has 0 aliphatic carbocycles. The number of nitrogens with zero attached hydrogens (tertiary/aromatic N) is 2. The molecule has 2 aromatic rings. The third kappa shape index (κ3) is 5.58. The first-order valence-electron chi connectivity index (χ1n) is 9.49. The summed E-state index contributed by atoms with van der Waals surface area (Å²) in [6.45, 7) is 8.69. The summed E-state index contributed by atoms with van der Waals surface area (Å²) in [5.41, 5.74) is 3.41. The van der Waals surface area contributed by atoms with Crippen LogP contribution in [0.15, 0.2) is 46.4 Å². The fourth-order valence-corrected chi connectivity index (χ4v) is 4.40. The van der Waals surface area contributed by atoms with E-state index in [0.29, 0.717) is 23.3 Å². The quantitative estimate of drug-likeness (QED) is 0.665. The highest BCUT2D eigenvalue weighted by Gasteiger charge is 2.31. The number of thiophene rings is 1. The molecule has 2 amide bonds. The molecule has 1 aromatic heterocycles. The highest BCUT2D eigenvalue weighted by atomic mass is 32.2. The summed E-state index contributed by atoms with van der Waals surface area (Å²) in [5.74, 6) is 0.275. The molecule has 152 valence electrons. The van der Waals surface area contributed by atoms with Crippen LogP contribution in [0.1, 0.15) is 29.9 Å². The van der Waals surface area contributed by atoms with Gasteiger partial charge in [0.05, 0.1) is 5.75 Å². The molecular weight excluding hydrogens is 402 g/mol. The average molecular weight is 428 g/mol. The van der Waals surface area contributed by atoms with Gasteiger partial charge in [-0.15, -0.1) is 11.3 Å². The highest BCUT2D eigenvalue weighted by molar-refractivity contribution is 8.14. The van der Waals surface area contributed by atoms with Crippen molar-refractivity contribution >= 4 is 51.8 Å². The zero-order valence-corrected chi connectivity index (χ0v) is 18.7. The van der Waals surface area contributed by atoms with Gasteiger partial charge in [-0.2, -0.15) is 0 Å². The predicted octanol–water partition coefficient (Wildman–Crippen LogP) is 4.93. The Labute approximate surface area is 179 Å². The highest BCUT2D eigenvalue weighted by Crippen LogP contribution is 2.26. The number of benzene rings is 1. The molecule has 1 aliphatic rings. The van der Waals surface area contributed by atoms with Gasteiger partial charge in [0.1, 0.15) is 5.70 Å². The van der Waals surface area contributed by atoms with Crippen LogP contribution in [0.25, 0.3) is 6.08 Å². The number of hydrogen-bond acceptors (Lipinski definition) is 5. The predicted molar refractivity (Wildman–Crippen MR) is 123 cm³/mol. The first kappa shape index (κ1) is 21.3. The minimum absolute atomic E-state index is 0.107. The van der Waals surface area contributed by atoms with Gasteiger partial charge in [0.15, 0.2) is 5.17 Å². The number of nitrogens with one attached hydrogen (secondary N) is 1. The van der Waals surface area contributed by atoms with E-state index in [1.54, 1.807) is 16.2 Å². The maximum atomic E-state index is 12.8. The molecule has 0 saturated heterocycles. The third-order valence-corrected chi connectivity index (χ3v) is 6.07. The van der Waals surface area contributed by atoms with Gasteiger partial charge in [0.2, 0.25) is 5.91 Å². The molecule has 0 spiro atoms. The van der Waals surface area contributed by atoms with Gasteiger partial charge in [-0.3, -0.25) is 14.5 Å². The summed E-state index contributed by atoms with van der Waals surface area (Å²) in [6, 6.07) is 9.82. The van der Waals surface area contributed by atoms with E-state index in [9.17, 15) is 9.59 Å². The zero-order valence-electron chi connectivity index (χ0n) is 17.1. The van der Waals surface area contributed by atoms with Crippen LogP contribution in [0, 0.1) is 19.8 Å². The summed E-state index contributed by atoms with van der Waals surface area (Å²) >= 11 is 2.86. The Morgan fingerprint density at radius 2 is 2.10 bits per heavy atom. The van der Waals surface area contributed by atoms with E-state index in [2.05, 4.69) is 24.2 Å². The molecule has 0 radical (unpaired) electrons. The van der Waals surface area contributed by atoms with E-state index in [1.165, 1.54) is 11.8 Å². The van der Waals surface area contributed by atoms with Crippen LogP contribution in [-0.4, -0.2) is 34.2 Å². The van der Waals surface area contributed by atoms with Crippen molar-refractivity contribution in [3.63, 3.8) is 0 Å². The van der Waals surface area contributed by atoms with Crippen LogP contribution < -0.4 is 5.32 Å². The molecule has 1 N–H and O–H groups in total. The maximum Gasteiger partial charge on any atom is 0.278 e. The lowest BCUT2D eigenvalue weighted by molar-refractivity contribution is -0.122. The van der Waals surface area contributed by atoms with Gasteiger partial charge < -0.3 is 5.32 Å². The second-order valence-corrected chi connectivity index (χ2v) is 9.33. The van der Waals surface area contributed by atoms with Crippen LogP contribution in [-0.2, 0) is 9.59 Å². The number of hydrogen-bond donors (Lipinski definition) is 1. The Kier molecular flexibility index (Phi) is 6.92. The number of carbonyl (C=O) groups excluding carboxylic acids is 2. The Bertz CT molecular complexity index is 962. The number of amides is 2. The monoisotopic (exact) mass is 427 g/mol. The summed E-state index contributed by atoms with van der Waals surface area (Å²) in [6.07, 6.45) is 1.81. The van der Waals surface area contributed by atoms with Gasteiger partial charge >= 0.3 is 0 Å². The SMILES string of the molecule is Cc1ccc(NC(=O)CSC2=N/C(=C/c3cccs3)C(=O)N2CC(C)C)c(C)c1. The lowest BCUT2D eigenvalue weighted by Gasteiger charge is -2.19. The summed E-state index contributed by atoms with van der Waals surface area (Å²) in [4.78, 5) is 32.5. The van der Waals surface area contributed by atoms with E-state index >= 15 is 0 Å². The normalized spacial score (nSPS) is 15.3. The summed E-state index contributed by atoms with van der Waals surface area (Å²) in [5, 5.41) is 5.50. The molecule has 1 aromatic carbocycles.